The van der Waals surface area contributed by atoms with E-state index in [9.17, 15) is 13.6 Å². The normalized spacial score (nSPS) is 10.9. The standard InChI is InChI=1S/C14H12F2N6O2S/c1-8-12(9-2-4-10(5-3-9)24-13(15)16)19-14(25-8)18-11(23)6-22-7-17-20-21-22/h2-5,7,13H,6H2,1H3,(H,18,19,23). The summed E-state index contributed by atoms with van der Waals surface area (Å²) in [4.78, 5) is 17.2. The highest BCUT2D eigenvalue weighted by Crippen LogP contribution is 2.31. The molecule has 0 spiro atoms. The Hall–Kier alpha value is -2.95. The van der Waals surface area contributed by atoms with Gasteiger partial charge in [0.25, 0.3) is 0 Å². The molecule has 0 saturated heterocycles. The van der Waals surface area contributed by atoms with E-state index in [1.165, 1.54) is 34.5 Å². The molecule has 8 nitrogen and oxygen atoms in total. The third-order valence-electron chi connectivity index (χ3n) is 3.09. The Kier molecular flexibility index (Phi) is 4.93. The van der Waals surface area contributed by atoms with Crippen molar-refractivity contribution in [3.8, 4) is 17.0 Å². The van der Waals surface area contributed by atoms with E-state index in [0.29, 0.717) is 10.8 Å². The molecule has 130 valence electrons. The van der Waals surface area contributed by atoms with Crippen LogP contribution in [-0.4, -0.2) is 37.7 Å². The number of tetrazole rings is 1. The minimum absolute atomic E-state index is 0.0272. The van der Waals surface area contributed by atoms with E-state index < -0.39 is 6.61 Å². The summed E-state index contributed by atoms with van der Waals surface area (Å²) in [5.41, 5.74) is 1.39. The van der Waals surface area contributed by atoms with E-state index in [1.807, 2.05) is 6.92 Å². The van der Waals surface area contributed by atoms with Crippen molar-refractivity contribution in [1.29, 1.82) is 0 Å². The van der Waals surface area contributed by atoms with Crippen molar-refractivity contribution in [2.24, 2.45) is 0 Å². The zero-order chi connectivity index (χ0) is 17.8. The van der Waals surface area contributed by atoms with Crippen molar-refractivity contribution in [2.45, 2.75) is 20.1 Å². The van der Waals surface area contributed by atoms with Gasteiger partial charge in [0.2, 0.25) is 5.91 Å². The number of thiazole rings is 1. The second-order valence-electron chi connectivity index (χ2n) is 4.88. The van der Waals surface area contributed by atoms with E-state index in [1.54, 1.807) is 12.1 Å². The van der Waals surface area contributed by atoms with E-state index in [4.69, 9.17) is 0 Å². The molecule has 0 saturated carbocycles. The number of rotatable bonds is 6. The van der Waals surface area contributed by atoms with E-state index in [0.717, 1.165) is 10.4 Å². The number of carbonyl (C=O) groups excluding carboxylic acids is 1. The van der Waals surface area contributed by atoms with Gasteiger partial charge >= 0.3 is 6.61 Å². The topological polar surface area (TPSA) is 94.8 Å². The number of nitrogens with zero attached hydrogens (tertiary/aromatic N) is 5. The zero-order valence-corrected chi connectivity index (χ0v) is 13.7. The van der Waals surface area contributed by atoms with E-state index in [-0.39, 0.29) is 18.2 Å². The van der Waals surface area contributed by atoms with Gasteiger partial charge in [-0.05, 0) is 41.6 Å². The number of amides is 1. The molecule has 1 N–H and O–H groups in total. The molecule has 2 aromatic heterocycles. The van der Waals surface area contributed by atoms with Gasteiger partial charge in [0, 0.05) is 10.4 Å². The lowest BCUT2D eigenvalue weighted by Crippen LogP contribution is -2.19. The molecule has 1 aromatic carbocycles. The maximum atomic E-state index is 12.2. The first-order chi connectivity index (χ1) is 12.0. The molecular formula is C14H12F2N6O2S. The van der Waals surface area contributed by atoms with E-state index >= 15 is 0 Å². The number of nitrogens with one attached hydrogen (secondary N) is 1. The van der Waals surface area contributed by atoms with Crippen LogP contribution in [0.4, 0.5) is 13.9 Å². The lowest BCUT2D eigenvalue weighted by Gasteiger charge is -2.05. The van der Waals surface area contributed by atoms with Crippen LogP contribution in [-0.2, 0) is 11.3 Å². The van der Waals surface area contributed by atoms with Gasteiger partial charge in [-0.25, -0.2) is 9.67 Å². The molecule has 0 unspecified atom stereocenters. The molecule has 0 radical (unpaired) electrons. The SMILES string of the molecule is Cc1sc(NC(=O)Cn2cnnn2)nc1-c1ccc(OC(F)F)cc1. The maximum absolute atomic E-state index is 12.2. The average Bonchev–Trinajstić information content (AvgIpc) is 3.17. The average molecular weight is 366 g/mol. The first-order valence-electron chi connectivity index (χ1n) is 7.04. The fraction of sp³-hybridized carbons (Fsp3) is 0.214. The summed E-state index contributed by atoms with van der Waals surface area (Å²) in [6.07, 6.45) is 1.33. The third kappa shape index (κ3) is 4.32. The van der Waals surface area contributed by atoms with Crippen LogP contribution in [0.15, 0.2) is 30.6 Å². The van der Waals surface area contributed by atoms with Crippen LogP contribution in [0.5, 0.6) is 5.75 Å². The van der Waals surface area contributed by atoms with Crippen LogP contribution in [0.1, 0.15) is 4.88 Å². The Balaban J connectivity index is 1.70. The van der Waals surface area contributed by atoms with Gasteiger partial charge in [-0.1, -0.05) is 0 Å². The number of benzene rings is 1. The number of alkyl halides is 2. The van der Waals surface area contributed by atoms with Crippen LogP contribution in [0.2, 0.25) is 0 Å². The summed E-state index contributed by atoms with van der Waals surface area (Å²) in [6, 6.07) is 6.14. The van der Waals surface area contributed by atoms with Crippen molar-refractivity contribution >= 4 is 22.4 Å². The highest BCUT2D eigenvalue weighted by molar-refractivity contribution is 7.16. The number of anilines is 1. The lowest BCUT2D eigenvalue weighted by molar-refractivity contribution is -0.116. The minimum Gasteiger partial charge on any atom is -0.435 e. The fourth-order valence-corrected chi connectivity index (χ4v) is 2.92. The van der Waals surface area contributed by atoms with Crippen molar-refractivity contribution in [2.75, 3.05) is 5.32 Å². The highest BCUT2D eigenvalue weighted by Gasteiger charge is 2.13. The minimum atomic E-state index is -2.87. The predicted octanol–water partition coefficient (Wildman–Crippen LogP) is 2.35. The Bertz CT molecular complexity index is 851. The quantitative estimate of drug-likeness (QED) is 0.720. The van der Waals surface area contributed by atoms with Gasteiger partial charge < -0.3 is 10.1 Å². The van der Waals surface area contributed by atoms with Crippen molar-refractivity contribution < 1.29 is 18.3 Å². The summed E-state index contributed by atoms with van der Waals surface area (Å²) in [5.74, 6) is -0.241. The van der Waals surface area contributed by atoms with Crippen LogP contribution >= 0.6 is 11.3 Å². The Morgan fingerprint density at radius 2 is 2.12 bits per heavy atom. The second-order valence-corrected chi connectivity index (χ2v) is 6.09. The van der Waals surface area contributed by atoms with Gasteiger partial charge in [0.05, 0.1) is 5.69 Å². The molecule has 1 amide bonds. The summed E-state index contributed by atoms with van der Waals surface area (Å²) in [6.45, 7) is -1.04. The summed E-state index contributed by atoms with van der Waals surface area (Å²) in [5, 5.41) is 13.6. The van der Waals surface area contributed by atoms with Gasteiger partial charge in [-0.15, -0.1) is 16.4 Å². The first-order valence-corrected chi connectivity index (χ1v) is 7.86. The Labute approximate surface area is 144 Å². The number of hydrogen-bond donors (Lipinski definition) is 1. The second kappa shape index (κ2) is 7.30. The molecule has 3 aromatic rings. The lowest BCUT2D eigenvalue weighted by atomic mass is 10.1. The summed E-state index contributed by atoms with van der Waals surface area (Å²) < 4.78 is 30.0. The highest BCUT2D eigenvalue weighted by atomic mass is 32.1. The predicted molar refractivity (Wildman–Crippen MR) is 85.4 cm³/mol. The molecule has 0 fully saturated rings. The molecule has 11 heteroatoms. The van der Waals surface area contributed by atoms with Gasteiger partial charge in [-0.2, -0.15) is 8.78 Å². The van der Waals surface area contributed by atoms with Gasteiger partial charge in [0.15, 0.2) is 5.13 Å². The van der Waals surface area contributed by atoms with Crippen molar-refractivity contribution in [1.82, 2.24) is 25.2 Å². The van der Waals surface area contributed by atoms with Crippen LogP contribution in [0.3, 0.4) is 0 Å². The summed E-state index contributed by atoms with van der Waals surface area (Å²) >= 11 is 1.31. The molecule has 25 heavy (non-hydrogen) atoms. The Morgan fingerprint density at radius 1 is 1.36 bits per heavy atom. The number of aromatic nitrogens is 5. The van der Waals surface area contributed by atoms with E-state index in [2.05, 4.69) is 30.6 Å². The first kappa shape index (κ1) is 16.9. The van der Waals surface area contributed by atoms with Crippen molar-refractivity contribution in [3.05, 3.63) is 35.5 Å². The third-order valence-corrected chi connectivity index (χ3v) is 3.98. The van der Waals surface area contributed by atoms with Gasteiger partial charge in [0.1, 0.15) is 18.6 Å². The number of aryl methyl sites for hydroxylation is 1. The summed E-state index contributed by atoms with van der Waals surface area (Å²) in [7, 11) is 0. The molecule has 0 aliphatic heterocycles. The van der Waals surface area contributed by atoms with Crippen LogP contribution in [0.25, 0.3) is 11.3 Å². The largest absolute Gasteiger partial charge is 0.435 e. The molecule has 0 aliphatic carbocycles. The number of halogens is 2. The van der Waals surface area contributed by atoms with Crippen LogP contribution < -0.4 is 10.1 Å². The fourth-order valence-electron chi connectivity index (χ4n) is 2.07. The Morgan fingerprint density at radius 3 is 2.76 bits per heavy atom. The molecule has 0 aliphatic rings. The molecule has 2 heterocycles. The molecule has 0 bridgehead atoms. The molecule has 3 rings (SSSR count). The molecular weight excluding hydrogens is 354 g/mol. The number of carbonyl (C=O) groups is 1. The number of hydrogen-bond acceptors (Lipinski definition) is 7. The molecule has 0 atom stereocenters. The number of ether oxygens (including phenoxy) is 1. The zero-order valence-electron chi connectivity index (χ0n) is 12.9. The monoisotopic (exact) mass is 366 g/mol. The van der Waals surface area contributed by atoms with Gasteiger partial charge in [-0.3, -0.25) is 4.79 Å². The smallest absolute Gasteiger partial charge is 0.387 e. The maximum Gasteiger partial charge on any atom is 0.387 e. The van der Waals surface area contributed by atoms with Crippen molar-refractivity contribution in [3.63, 3.8) is 0 Å². The van der Waals surface area contributed by atoms with Crippen LogP contribution in [0, 0.1) is 6.92 Å².